The Morgan fingerprint density at radius 1 is 1.14 bits per heavy atom. The summed E-state index contributed by atoms with van der Waals surface area (Å²) in [4.78, 5) is 14.4. The Balaban J connectivity index is 1.39. The van der Waals surface area contributed by atoms with E-state index in [-0.39, 0.29) is 28.5 Å². The number of rotatable bonds is 8. The number of halogens is 4. The Bertz CT molecular complexity index is 1260. The molecule has 1 heterocycles. The first kappa shape index (κ1) is 27.1. The molecule has 2 aromatic carbocycles. The molecule has 0 unspecified atom stereocenters. The highest BCUT2D eigenvalue weighted by molar-refractivity contribution is 7.89. The average molecular weight is 561 g/mol. The third kappa shape index (κ3) is 6.49. The fourth-order valence-electron chi connectivity index (χ4n) is 4.60. The molecule has 4 rings (SSSR count). The Morgan fingerprint density at radius 3 is 2.42 bits per heavy atom. The Labute approximate surface area is 220 Å². The van der Waals surface area contributed by atoms with Crippen LogP contribution in [0.25, 0.3) is 0 Å². The van der Waals surface area contributed by atoms with Crippen molar-refractivity contribution in [2.24, 2.45) is 5.92 Å². The highest BCUT2D eigenvalue weighted by Gasteiger charge is 2.31. The van der Waals surface area contributed by atoms with Gasteiger partial charge in [0.2, 0.25) is 10.0 Å². The molecule has 0 radical (unpaired) electrons. The predicted molar refractivity (Wildman–Crippen MR) is 135 cm³/mol. The summed E-state index contributed by atoms with van der Waals surface area (Å²) in [5, 5.41) is 0.399. The van der Waals surface area contributed by atoms with Crippen LogP contribution in [0, 0.1) is 17.6 Å². The third-order valence-corrected chi connectivity index (χ3v) is 7.83. The smallest absolute Gasteiger partial charge is 0.267 e. The maximum atomic E-state index is 14.7. The van der Waals surface area contributed by atoms with Crippen LogP contribution in [0.3, 0.4) is 0 Å². The minimum Gasteiger partial charge on any atom is -0.493 e. The largest absolute Gasteiger partial charge is 0.493 e. The second-order valence-corrected chi connectivity index (χ2v) is 12.2. The fourth-order valence-corrected chi connectivity index (χ4v) is 5.55. The number of amides is 1. The minimum absolute atomic E-state index is 0.00570. The number of hydrogen-bond donors (Lipinski definition) is 1. The number of nitrogens with one attached hydrogen (secondary N) is 1. The fraction of sp³-hybridized carbons (Fsp3) is 0.480. The summed E-state index contributed by atoms with van der Waals surface area (Å²) in [5.41, 5.74) is 0.867. The number of likely N-dealkylation sites (tertiary alicyclic amines) is 1. The van der Waals surface area contributed by atoms with E-state index in [1.807, 2.05) is 11.6 Å². The highest BCUT2D eigenvalue weighted by atomic mass is 35.5. The summed E-state index contributed by atoms with van der Waals surface area (Å²) in [6.07, 6.45) is 4.27. The van der Waals surface area contributed by atoms with Crippen LogP contribution in [0.5, 0.6) is 5.75 Å². The van der Waals surface area contributed by atoms with Gasteiger partial charge in [0.25, 0.3) is 5.91 Å². The van der Waals surface area contributed by atoms with Crippen molar-refractivity contribution in [3.8, 4) is 5.75 Å². The zero-order chi connectivity index (χ0) is 26.2. The average Bonchev–Trinajstić information content (AvgIpc) is 3.64. The van der Waals surface area contributed by atoms with Crippen molar-refractivity contribution < 1.29 is 26.7 Å². The van der Waals surface area contributed by atoms with Gasteiger partial charge in [-0.25, -0.2) is 21.9 Å². The number of carbonyl (C=O) groups is 1. The van der Waals surface area contributed by atoms with Crippen molar-refractivity contribution in [1.82, 2.24) is 9.62 Å². The van der Waals surface area contributed by atoms with Crippen LogP contribution in [0.2, 0.25) is 10.0 Å². The van der Waals surface area contributed by atoms with Gasteiger partial charge in [0.05, 0.1) is 23.4 Å². The van der Waals surface area contributed by atoms with Gasteiger partial charge < -0.3 is 4.74 Å². The standard InChI is InChI=1S/C25H28Cl2F2N2O4S/c1-14(18-9-17(26)10-21(27)24(18)29)31-7-5-15(6-8-31)13-35-23-12-22(28)20(11-19(23)16-3-4-16)25(32)30-36(2,33)34/h9-12,14-16H,3-8,13H2,1-2H3,(H,30,32)/t14-/m1/s1. The van der Waals surface area contributed by atoms with Crippen LogP contribution in [-0.2, 0) is 10.0 Å². The van der Waals surface area contributed by atoms with Gasteiger partial charge in [-0.15, -0.1) is 0 Å². The monoisotopic (exact) mass is 560 g/mol. The van der Waals surface area contributed by atoms with E-state index in [9.17, 15) is 22.0 Å². The number of sulfonamides is 1. The van der Waals surface area contributed by atoms with E-state index in [0.29, 0.717) is 22.9 Å². The molecule has 1 saturated carbocycles. The highest BCUT2D eigenvalue weighted by Crippen LogP contribution is 2.45. The zero-order valence-corrected chi connectivity index (χ0v) is 22.3. The number of ether oxygens (including phenoxy) is 1. The van der Waals surface area contributed by atoms with Crippen LogP contribution >= 0.6 is 23.2 Å². The molecule has 36 heavy (non-hydrogen) atoms. The Kier molecular flexibility index (Phi) is 8.14. The van der Waals surface area contributed by atoms with Crippen LogP contribution in [0.15, 0.2) is 24.3 Å². The molecular formula is C25H28Cl2F2N2O4S. The molecule has 0 spiro atoms. The minimum atomic E-state index is -3.81. The van der Waals surface area contributed by atoms with Gasteiger partial charge in [0, 0.05) is 22.7 Å². The molecule has 1 aliphatic carbocycles. The number of hydrogen-bond acceptors (Lipinski definition) is 5. The maximum Gasteiger partial charge on any atom is 0.267 e. The first-order chi connectivity index (χ1) is 16.9. The molecule has 0 bridgehead atoms. The van der Waals surface area contributed by atoms with E-state index < -0.39 is 27.6 Å². The van der Waals surface area contributed by atoms with E-state index in [1.165, 1.54) is 18.2 Å². The van der Waals surface area contributed by atoms with Gasteiger partial charge in [-0.1, -0.05) is 23.2 Å². The molecule has 0 aromatic heterocycles. The predicted octanol–water partition coefficient (Wildman–Crippen LogP) is 5.69. The van der Waals surface area contributed by atoms with Crippen LogP contribution < -0.4 is 9.46 Å². The summed E-state index contributed by atoms with van der Waals surface area (Å²) < 4.78 is 59.8. The Hall–Kier alpha value is -1.94. The number of carbonyl (C=O) groups excluding carboxylic acids is 1. The molecule has 11 heteroatoms. The van der Waals surface area contributed by atoms with E-state index in [1.54, 1.807) is 6.07 Å². The van der Waals surface area contributed by atoms with Gasteiger partial charge in [-0.05, 0) is 81.3 Å². The van der Waals surface area contributed by atoms with Crippen molar-refractivity contribution in [3.63, 3.8) is 0 Å². The SMILES string of the molecule is C[C@H](c1cc(Cl)cc(Cl)c1F)N1CCC(COc2cc(F)c(C(=O)NS(C)(=O)=O)cc2C2CC2)CC1. The lowest BCUT2D eigenvalue weighted by Crippen LogP contribution is -2.37. The normalized spacial score (nSPS) is 18.2. The van der Waals surface area contributed by atoms with Crippen LogP contribution in [0.1, 0.15) is 66.1 Å². The summed E-state index contributed by atoms with van der Waals surface area (Å²) >= 11 is 12.0. The molecule has 1 atom stereocenters. The first-order valence-electron chi connectivity index (χ1n) is 11.8. The van der Waals surface area contributed by atoms with Crippen molar-refractivity contribution >= 4 is 39.1 Å². The topological polar surface area (TPSA) is 75.7 Å². The van der Waals surface area contributed by atoms with Crippen molar-refractivity contribution in [3.05, 3.63) is 62.6 Å². The number of nitrogens with zero attached hydrogens (tertiary/aromatic N) is 1. The summed E-state index contributed by atoms with van der Waals surface area (Å²) in [6, 6.07) is 5.38. The van der Waals surface area contributed by atoms with E-state index in [0.717, 1.165) is 50.6 Å². The third-order valence-electron chi connectivity index (χ3n) is 6.78. The molecule has 2 aliphatic rings. The second kappa shape index (κ2) is 10.8. The number of piperidine rings is 1. The maximum absolute atomic E-state index is 14.7. The van der Waals surface area contributed by atoms with Gasteiger partial charge >= 0.3 is 0 Å². The summed E-state index contributed by atoms with van der Waals surface area (Å²) in [7, 11) is -3.81. The lowest BCUT2D eigenvalue weighted by atomic mass is 9.95. The van der Waals surface area contributed by atoms with E-state index in [2.05, 4.69) is 4.90 Å². The molecule has 2 fully saturated rings. The van der Waals surface area contributed by atoms with E-state index >= 15 is 0 Å². The zero-order valence-electron chi connectivity index (χ0n) is 20.0. The van der Waals surface area contributed by atoms with Crippen molar-refractivity contribution in [2.45, 2.75) is 44.6 Å². The summed E-state index contributed by atoms with van der Waals surface area (Å²) in [5.74, 6) is -1.51. The molecule has 6 nitrogen and oxygen atoms in total. The quantitative estimate of drug-likeness (QED) is 0.420. The molecule has 1 saturated heterocycles. The van der Waals surface area contributed by atoms with Crippen LogP contribution in [-0.4, -0.2) is 45.2 Å². The van der Waals surface area contributed by atoms with Crippen molar-refractivity contribution in [2.75, 3.05) is 26.0 Å². The van der Waals surface area contributed by atoms with Gasteiger partial charge in [0.15, 0.2) is 0 Å². The summed E-state index contributed by atoms with van der Waals surface area (Å²) in [6.45, 7) is 3.77. The lowest BCUT2D eigenvalue weighted by molar-refractivity contribution is 0.0977. The molecule has 1 amide bonds. The second-order valence-electron chi connectivity index (χ2n) is 9.60. The van der Waals surface area contributed by atoms with E-state index in [4.69, 9.17) is 27.9 Å². The lowest BCUT2D eigenvalue weighted by Gasteiger charge is -2.36. The van der Waals surface area contributed by atoms with Gasteiger partial charge in [-0.3, -0.25) is 9.69 Å². The van der Waals surface area contributed by atoms with Crippen LogP contribution in [0.4, 0.5) is 8.78 Å². The Morgan fingerprint density at radius 2 is 1.81 bits per heavy atom. The molecular weight excluding hydrogens is 533 g/mol. The molecule has 196 valence electrons. The van der Waals surface area contributed by atoms with Gasteiger partial charge in [-0.2, -0.15) is 0 Å². The van der Waals surface area contributed by atoms with Gasteiger partial charge in [0.1, 0.15) is 17.4 Å². The van der Waals surface area contributed by atoms with Crippen molar-refractivity contribution in [1.29, 1.82) is 0 Å². The molecule has 1 aliphatic heterocycles. The first-order valence-corrected chi connectivity index (χ1v) is 14.4. The molecule has 2 aromatic rings. The molecule has 1 N–H and O–H groups in total. The number of benzene rings is 2.